The second kappa shape index (κ2) is 20.1. The minimum Gasteiger partial charge on any atom is -0.550 e. The number of carbonyl (C=O) groups excluding carboxylic acids is 3. The number of amides is 1. The van der Waals surface area contributed by atoms with Crippen molar-refractivity contribution in [1.82, 2.24) is 5.32 Å². The smallest absolute Gasteiger partial charge is 0.550 e. The van der Waals surface area contributed by atoms with Gasteiger partial charge in [-0.05, 0) is 103 Å². The summed E-state index contributed by atoms with van der Waals surface area (Å²) in [5.41, 5.74) is -1.74. The molecule has 332 valence electrons. The molecular weight excluding hydrogens is 769 g/mol. The van der Waals surface area contributed by atoms with Crippen LogP contribution in [0.1, 0.15) is 140 Å². The summed E-state index contributed by atoms with van der Waals surface area (Å²) in [6, 6.07) is 0. The number of hydrogen-bond acceptors (Lipinski definition) is 12. The number of rotatable bonds is 14. The van der Waals surface area contributed by atoms with E-state index in [9.17, 15) is 29.7 Å². The fourth-order valence-electron chi connectivity index (χ4n) is 10.9. The normalized spacial score (nSPS) is 42.3. The Labute approximate surface area is 375 Å². The zero-order valence-electron chi connectivity index (χ0n) is 38.0. The molecule has 5 aliphatic rings. The average Bonchev–Trinajstić information content (AvgIpc) is 3.52. The van der Waals surface area contributed by atoms with Gasteiger partial charge in [0, 0.05) is 48.5 Å². The molecule has 0 aromatic rings. The molecule has 0 radical (unpaired) electrons. The molecule has 1 amide bonds. The summed E-state index contributed by atoms with van der Waals surface area (Å²) in [5, 5.41) is 37.5. The van der Waals surface area contributed by atoms with Crippen molar-refractivity contribution in [2.24, 2.45) is 41.4 Å². The van der Waals surface area contributed by atoms with Gasteiger partial charge in [-0.2, -0.15) is 0 Å². The molecule has 5 rings (SSSR count). The topological polar surface area (TPSA) is 182 Å². The second-order valence-corrected chi connectivity index (χ2v) is 18.8. The largest absolute Gasteiger partial charge is 1.00 e. The van der Waals surface area contributed by atoms with Gasteiger partial charge in [-0.1, -0.05) is 55.4 Å². The van der Waals surface area contributed by atoms with Crippen LogP contribution in [0.3, 0.4) is 0 Å². The van der Waals surface area contributed by atoms with E-state index in [1.807, 2.05) is 61.5 Å². The first-order valence-corrected chi connectivity index (χ1v) is 22.4. The van der Waals surface area contributed by atoms with Crippen LogP contribution in [0.25, 0.3) is 0 Å². The third-order valence-corrected chi connectivity index (χ3v) is 15.0. The maximum atomic E-state index is 14.6. The van der Waals surface area contributed by atoms with Crippen LogP contribution >= 0.6 is 0 Å². The van der Waals surface area contributed by atoms with Gasteiger partial charge in [-0.15, -0.1) is 0 Å². The number of nitrogens with one attached hydrogen (secondary N) is 1. The van der Waals surface area contributed by atoms with Crippen molar-refractivity contribution in [2.75, 3.05) is 6.54 Å². The summed E-state index contributed by atoms with van der Waals surface area (Å²) in [5.74, 6) is -6.60. The standard InChI is InChI=1S/C45H75NO12.Na/c1-12-31(40(49)50)33-17-16-25(5)38(54-33)29(9)36(47)28(8)37(48)32(13-2)39-26(6)24-27(7)44(56-39)21-19-35(55-41(51)46-15-4)45(58-44)23-22-42(11,57-45)34-18-20-43(52,14-3)30(10)53-34;/h19,21,25-36,38-39,47,52H,12-18,20,22-24H2,1-11H3,(H,46,51)(H,49,50);/q;+1/p-1/t25-,26-,27+,28-,29-,30-,31+,32-,33+,34+,35+,36+,38+,39-,42-,43+,44-,45-;/m0./s1. The SMILES string of the molecule is CCNC(=O)O[C@@H]1C=C[C@]2(O[C@H]([C@@H](CC)C(=O)[C@@H](C)[C@@H](O)[C@H](C)[C@@H]3O[C@@H]([C@@H](CC)C(=O)[O-])CC[C@@H]3C)[C@@H](C)C[C@H]2C)O[C@@]12CC[C@@](C)([C@H]1CC[C@](O)(CC)[C@H](C)O1)O2.[Na+]. The average molecular weight is 844 g/mol. The first kappa shape index (κ1) is 50.5. The molecular formula is C45H74NNaO12. The molecule has 0 bridgehead atoms. The van der Waals surface area contributed by atoms with Crippen molar-refractivity contribution in [3.63, 3.8) is 0 Å². The van der Waals surface area contributed by atoms with Gasteiger partial charge in [0.1, 0.15) is 5.78 Å². The van der Waals surface area contributed by atoms with Gasteiger partial charge >= 0.3 is 35.7 Å². The number of carboxylic acid groups (broad SMARTS) is 1. The number of alkyl carbamates (subject to hydrolysis) is 1. The molecule has 0 aromatic heterocycles. The van der Waals surface area contributed by atoms with E-state index in [0.717, 1.165) is 6.42 Å². The fourth-order valence-corrected chi connectivity index (χ4v) is 10.9. The summed E-state index contributed by atoms with van der Waals surface area (Å²) < 4.78 is 40.1. The molecule has 18 atom stereocenters. The maximum Gasteiger partial charge on any atom is 1.00 e. The Kier molecular flexibility index (Phi) is 17.2. The summed E-state index contributed by atoms with van der Waals surface area (Å²) >= 11 is 0. The molecule has 0 aromatic carbocycles. The Morgan fingerprint density at radius 2 is 1.59 bits per heavy atom. The second-order valence-electron chi connectivity index (χ2n) is 18.8. The number of Topliss-reactive ketones (excluding diaryl/α,β-unsaturated/α-hetero) is 1. The molecule has 0 aliphatic carbocycles. The van der Waals surface area contributed by atoms with Crippen LogP contribution in [-0.2, 0) is 38.0 Å². The van der Waals surface area contributed by atoms with Gasteiger partial charge in [-0.3, -0.25) is 4.79 Å². The monoisotopic (exact) mass is 844 g/mol. The summed E-state index contributed by atoms with van der Waals surface area (Å²) in [4.78, 5) is 39.4. The quantitative estimate of drug-likeness (QED) is 0.172. The zero-order valence-corrected chi connectivity index (χ0v) is 40.0. The molecule has 14 heteroatoms. The Balaban J connectivity index is 0.00000769. The van der Waals surface area contributed by atoms with Crippen molar-refractivity contribution >= 4 is 17.8 Å². The van der Waals surface area contributed by atoms with Gasteiger partial charge in [0.25, 0.3) is 0 Å². The van der Waals surface area contributed by atoms with E-state index in [2.05, 4.69) is 19.2 Å². The van der Waals surface area contributed by atoms with E-state index in [1.54, 1.807) is 13.0 Å². The van der Waals surface area contributed by atoms with Crippen molar-refractivity contribution in [3.05, 3.63) is 12.2 Å². The van der Waals surface area contributed by atoms with E-state index in [1.165, 1.54) is 0 Å². The molecule has 3 N–H and O–H groups in total. The van der Waals surface area contributed by atoms with Crippen LogP contribution in [0, 0.1) is 41.4 Å². The van der Waals surface area contributed by atoms with E-state index in [0.29, 0.717) is 64.3 Å². The predicted octanol–water partition coefficient (Wildman–Crippen LogP) is 2.61. The summed E-state index contributed by atoms with van der Waals surface area (Å²) in [6.07, 6.45) is 4.40. The molecule has 59 heavy (non-hydrogen) atoms. The zero-order chi connectivity index (χ0) is 43.0. The van der Waals surface area contributed by atoms with Crippen LogP contribution in [0.5, 0.6) is 0 Å². The number of aliphatic hydroxyl groups is 2. The van der Waals surface area contributed by atoms with Gasteiger partial charge in [0.05, 0.1) is 47.8 Å². The van der Waals surface area contributed by atoms with E-state index in [4.69, 9.17) is 28.4 Å². The first-order valence-electron chi connectivity index (χ1n) is 22.4. The van der Waals surface area contributed by atoms with E-state index >= 15 is 0 Å². The number of hydrogen-bond donors (Lipinski definition) is 3. The maximum absolute atomic E-state index is 14.6. The summed E-state index contributed by atoms with van der Waals surface area (Å²) in [7, 11) is 0. The van der Waals surface area contributed by atoms with Gasteiger partial charge in [0.2, 0.25) is 5.79 Å². The Hall–Kier alpha value is -1.13. The van der Waals surface area contributed by atoms with Crippen LogP contribution in [0.4, 0.5) is 4.79 Å². The van der Waals surface area contributed by atoms with Gasteiger partial charge in [-0.25, -0.2) is 4.79 Å². The molecule has 5 aliphatic heterocycles. The molecule has 0 unspecified atom stereocenters. The van der Waals surface area contributed by atoms with Crippen LogP contribution in [0.2, 0.25) is 0 Å². The van der Waals surface area contributed by atoms with Crippen LogP contribution < -0.4 is 40.0 Å². The molecule has 5 heterocycles. The number of ketones is 1. The van der Waals surface area contributed by atoms with Crippen molar-refractivity contribution < 1.29 is 87.7 Å². The number of aliphatic carboxylic acids is 1. The van der Waals surface area contributed by atoms with E-state index in [-0.39, 0.29) is 59.2 Å². The predicted molar refractivity (Wildman–Crippen MR) is 214 cm³/mol. The van der Waals surface area contributed by atoms with Gasteiger partial charge in [0.15, 0.2) is 11.9 Å². The van der Waals surface area contributed by atoms with Crippen molar-refractivity contribution in [1.29, 1.82) is 0 Å². The Bertz CT molecular complexity index is 1480. The van der Waals surface area contributed by atoms with Crippen molar-refractivity contribution in [2.45, 2.75) is 206 Å². The Morgan fingerprint density at radius 3 is 2.19 bits per heavy atom. The minimum atomic E-state index is -1.42. The summed E-state index contributed by atoms with van der Waals surface area (Å²) in [6.45, 7) is 21.6. The third kappa shape index (κ3) is 10.2. The molecule has 0 saturated carbocycles. The minimum absolute atomic E-state index is 0. The number of carbonyl (C=O) groups is 3. The number of aliphatic hydroxyl groups excluding tert-OH is 1. The van der Waals surface area contributed by atoms with Gasteiger partial charge < -0.3 is 53.9 Å². The van der Waals surface area contributed by atoms with E-state index < -0.39 is 95.1 Å². The molecule has 13 nitrogen and oxygen atoms in total. The molecule has 4 saturated heterocycles. The fraction of sp³-hybridized carbons (Fsp3) is 0.889. The third-order valence-electron chi connectivity index (χ3n) is 15.0. The number of carboxylic acids is 1. The molecule has 4 fully saturated rings. The van der Waals surface area contributed by atoms with Crippen LogP contribution in [-0.4, -0.2) is 100 Å². The Morgan fingerprint density at radius 1 is 0.915 bits per heavy atom. The molecule has 2 spiro atoms. The first-order chi connectivity index (χ1) is 27.2. The van der Waals surface area contributed by atoms with Crippen LogP contribution in [0.15, 0.2) is 12.2 Å². The van der Waals surface area contributed by atoms with Crippen molar-refractivity contribution in [3.8, 4) is 0 Å². The number of ether oxygens (including phenoxy) is 6.